The number of carbonyl (C=O) groups excluding carboxylic acids is 1. The lowest BCUT2D eigenvalue weighted by Crippen LogP contribution is -2.24. The highest BCUT2D eigenvalue weighted by atomic mass is 16.1. The Balaban J connectivity index is 1.75. The summed E-state index contributed by atoms with van der Waals surface area (Å²) in [6, 6.07) is 11.5. The molecule has 0 saturated carbocycles. The Hall–Kier alpha value is -2.69. The van der Waals surface area contributed by atoms with Crippen LogP contribution in [0, 0.1) is 6.92 Å². The molecule has 0 fully saturated rings. The first-order chi connectivity index (χ1) is 10.1. The number of imidazole rings is 1. The molecule has 0 aliphatic rings. The number of carbonyl (C=O) groups is 1. The van der Waals surface area contributed by atoms with Crippen molar-refractivity contribution in [2.75, 3.05) is 0 Å². The number of para-hydroxylation sites is 2. The lowest BCUT2D eigenvalue weighted by atomic mass is 10.2. The van der Waals surface area contributed by atoms with Gasteiger partial charge in [-0.1, -0.05) is 12.1 Å². The van der Waals surface area contributed by atoms with Gasteiger partial charge in [0.25, 0.3) is 5.91 Å². The summed E-state index contributed by atoms with van der Waals surface area (Å²) in [5.74, 6) is 0.680. The van der Waals surface area contributed by atoms with E-state index in [2.05, 4.69) is 15.3 Å². The second-order valence-electron chi connectivity index (χ2n) is 4.95. The predicted molar refractivity (Wildman–Crippen MR) is 80.9 cm³/mol. The zero-order valence-electron chi connectivity index (χ0n) is 12.0. The fraction of sp³-hybridized carbons (Fsp3) is 0.188. The Labute approximate surface area is 122 Å². The zero-order valence-corrected chi connectivity index (χ0v) is 12.0. The molecule has 1 amide bonds. The molecule has 0 aliphatic carbocycles. The SMILES string of the molecule is Cc1ccc(C(=O)NCc2nc3ccccc3n2C)cn1. The topological polar surface area (TPSA) is 59.8 Å². The summed E-state index contributed by atoms with van der Waals surface area (Å²) in [6.45, 7) is 2.28. The minimum atomic E-state index is -0.144. The summed E-state index contributed by atoms with van der Waals surface area (Å²) in [5, 5.41) is 2.87. The normalized spacial score (nSPS) is 10.8. The summed E-state index contributed by atoms with van der Waals surface area (Å²) in [7, 11) is 1.95. The van der Waals surface area contributed by atoms with E-state index in [1.165, 1.54) is 0 Å². The Morgan fingerprint density at radius 3 is 2.76 bits per heavy atom. The van der Waals surface area contributed by atoms with Crippen LogP contribution in [-0.4, -0.2) is 20.4 Å². The van der Waals surface area contributed by atoms with Gasteiger partial charge in [-0.15, -0.1) is 0 Å². The van der Waals surface area contributed by atoms with Crippen molar-refractivity contribution >= 4 is 16.9 Å². The van der Waals surface area contributed by atoms with Gasteiger partial charge in [0.05, 0.1) is 23.1 Å². The molecule has 5 nitrogen and oxygen atoms in total. The molecule has 0 radical (unpaired) electrons. The molecule has 0 unspecified atom stereocenters. The highest BCUT2D eigenvalue weighted by Gasteiger charge is 2.10. The van der Waals surface area contributed by atoms with Crippen molar-refractivity contribution in [2.24, 2.45) is 7.05 Å². The Kier molecular flexibility index (Phi) is 3.39. The number of fused-ring (bicyclic) bond motifs is 1. The maximum absolute atomic E-state index is 12.1. The maximum atomic E-state index is 12.1. The van der Waals surface area contributed by atoms with E-state index in [4.69, 9.17) is 0 Å². The first kappa shape index (κ1) is 13.3. The van der Waals surface area contributed by atoms with Crippen molar-refractivity contribution < 1.29 is 4.79 Å². The largest absolute Gasteiger partial charge is 0.345 e. The standard InChI is InChI=1S/C16H16N4O/c1-11-7-8-12(9-17-11)16(21)18-10-15-19-13-5-3-4-6-14(13)20(15)2/h3-9H,10H2,1-2H3,(H,18,21). The van der Waals surface area contributed by atoms with Crippen LogP contribution in [0.5, 0.6) is 0 Å². The Morgan fingerprint density at radius 2 is 2.05 bits per heavy atom. The number of aryl methyl sites for hydroxylation is 2. The van der Waals surface area contributed by atoms with Gasteiger partial charge >= 0.3 is 0 Å². The predicted octanol–water partition coefficient (Wildman–Crippen LogP) is 2.21. The molecule has 3 rings (SSSR count). The molecule has 106 valence electrons. The number of rotatable bonds is 3. The molecule has 5 heteroatoms. The van der Waals surface area contributed by atoms with E-state index in [1.54, 1.807) is 12.3 Å². The lowest BCUT2D eigenvalue weighted by Gasteiger charge is -2.05. The number of aromatic nitrogens is 3. The van der Waals surface area contributed by atoms with Crippen molar-refractivity contribution in [2.45, 2.75) is 13.5 Å². The summed E-state index contributed by atoms with van der Waals surface area (Å²) in [6.07, 6.45) is 1.58. The monoisotopic (exact) mass is 280 g/mol. The van der Waals surface area contributed by atoms with Crippen molar-refractivity contribution in [3.8, 4) is 0 Å². The van der Waals surface area contributed by atoms with Gasteiger partial charge in [0, 0.05) is 18.9 Å². The van der Waals surface area contributed by atoms with Crippen LogP contribution in [0.15, 0.2) is 42.6 Å². The van der Waals surface area contributed by atoms with Gasteiger partial charge in [-0.3, -0.25) is 9.78 Å². The van der Waals surface area contributed by atoms with Gasteiger partial charge in [-0.05, 0) is 31.2 Å². The van der Waals surface area contributed by atoms with Gasteiger partial charge in [0.15, 0.2) is 0 Å². The molecule has 21 heavy (non-hydrogen) atoms. The number of pyridine rings is 1. The molecule has 0 atom stereocenters. The van der Waals surface area contributed by atoms with Crippen LogP contribution in [-0.2, 0) is 13.6 Å². The van der Waals surface area contributed by atoms with Crippen molar-refractivity contribution in [3.63, 3.8) is 0 Å². The smallest absolute Gasteiger partial charge is 0.253 e. The van der Waals surface area contributed by atoms with Crippen LogP contribution in [0.1, 0.15) is 21.9 Å². The molecule has 3 aromatic rings. The third-order valence-electron chi connectivity index (χ3n) is 3.46. The third kappa shape index (κ3) is 2.63. The van der Waals surface area contributed by atoms with Crippen LogP contribution >= 0.6 is 0 Å². The molecule has 0 spiro atoms. The molecule has 2 heterocycles. The summed E-state index contributed by atoms with van der Waals surface area (Å²) in [5.41, 5.74) is 3.43. The van der Waals surface area contributed by atoms with Crippen LogP contribution in [0.3, 0.4) is 0 Å². The van der Waals surface area contributed by atoms with Gasteiger partial charge in [-0.25, -0.2) is 4.98 Å². The second-order valence-corrected chi connectivity index (χ2v) is 4.95. The highest BCUT2D eigenvalue weighted by Crippen LogP contribution is 2.14. The lowest BCUT2D eigenvalue weighted by molar-refractivity contribution is 0.0949. The van der Waals surface area contributed by atoms with Crippen molar-refractivity contribution in [3.05, 3.63) is 59.7 Å². The van der Waals surface area contributed by atoms with Crippen LogP contribution < -0.4 is 5.32 Å². The number of nitrogens with zero attached hydrogens (tertiary/aromatic N) is 3. The molecule has 2 aromatic heterocycles. The molecule has 0 aliphatic heterocycles. The number of nitrogens with one attached hydrogen (secondary N) is 1. The summed E-state index contributed by atoms with van der Waals surface area (Å²) < 4.78 is 1.99. The van der Waals surface area contributed by atoms with Crippen LogP contribution in [0.2, 0.25) is 0 Å². The van der Waals surface area contributed by atoms with Crippen LogP contribution in [0.4, 0.5) is 0 Å². The number of hydrogen-bond acceptors (Lipinski definition) is 3. The second kappa shape index (κ2) is 5.36. The number of benzene rings is 1. The first-order valence-electron chi connectivity index (χ1n) is 6.76. The molecular weight excluding hydrogens is 264 g/mol. The first-order valence-corrected chi connectivity index (χ1v) is 6.76. The van der Waals surface area contributed by atoms with E-state index in [0.29, 0.717) is 12.1 Å². The van der Waals surface area contributed by atoms with E-state index in [9.17, 15) is 4.79 Å². The van der Waals surface area contributed by atoms with E-state index >= 15 is 0 Å². The highest BCUT2D eigenvalue weighted by molar-refractivity contribution is 5.93. The molecule has 0 saturated heterocycles. The van der Waals surface area contributed by atoms with Crippen molar-refractivity contribution in [1.82, 2.24) is 19.9 Å². The van der Waals surface area contributed by atoms with Crippen molar-refractivity contribution in [1.29, 1.82) is 0 Å². The van der Waals surface area contributed by atoms with Crippen LogP contribution in [0.25, 0.3) is 11.0 Å². The minimum Gasteiger partial charge on any atom is -0.345 e. The maximum Gasteiger partial charge on any atom is 0.253 e. The Morgan fingerprint density at radius 1 is 1.24 bits per heavy atom. The average molecular weight is 280 g/mol. The molecule has 0 bridgehead atoms. The summed E-state index contributed by atoms with van der Waals surface area (Å²) >= 11 is 0. The summed E-state index contributed by atoms with van der Waals surface area (Å²) in [4.78, 5) is 20.7. The fourth-order valence-electron chi connectivity index (χ4n) is 2.22. The van der Waals surface area contributed by atoms with Gasteiger partial charge in [0.1, 0.15) is 5.82 Å². The van der Waals surface area contributed by atoms with Gasteiger partial charge in [-0.2, -0.15) is 0 Å². The van der Waals surface area contributed by atoms with E-state index in [0.717, 1.165) is 22.6 Å². The molecule has 1 N–H and O–H groups in total. The number of hydrogen-bond donors (Lipinski definition) is 1. The van der Waals surface area contributed by atoms with Gasteiger partial charge in [0.2, 0.25) is 0 Å². The zero-order chi connectivity index (χ0) is 14.8. The van der Waals surface area contributed by atoms with E-state index < -0.39 is 0 Å². The molecular formula is C16H16N4O. The van der Waals surface area contributed by atoms with Gasteiger partial charge < -0.3 is 9.88 Å². The van der Waals surface area contributed by atoms with E-state index in [-0.39, 0.29) is 5.91 Å². The third-order valence-corrected chi connectivity index (χ3v) is 3.46. The molecule has 1 aromatic carbocycles. The number of amides is 1. The average Bonchev–Trinajstić information content (AvgIpc) is 2.82. The fourth-order valence-corrected chi connectivity index (χ4v) is 2.22. The van der Waals surface area contributed by atoms with E-state index in [1.807, 2.05) is 48.9 Å². The quantitative estimate of drug-likeness (QED) is 0.800. The minimum absolute atomic E-state index is 0.144. The Bertz CT molecular complexity index is 790.